The van der Waals surface area contributed by atoms with Gasteiger partial charge < -0.3 is 0 Å². The summed E-state index contributed by atoms with van der Waals surface area (Å²) in [7, 11) is -3.54. The maximum atomic E-state index is 12.6. The predicted molar refractivity (Wildman–Crippen MR) is 98.4 cm³/mol. The summed E-state index contributed by atoms with van der Waals surface area (Å²) in [6.07, 6.45) is 1.60. The van der Waals surface area contributed by atoms with Crippen LogP contribution < -0.4 is 5.56 Å². The monoisotopic (exact) mass is 367 g/mol. The molecule has 0 N–H and O–H groups in total. The van der Waals surface area contributed by atoms with E-state index in [0.29, 0.717) is 16.8 Å². The zero-order valence-electron chi connectivity index (χ0n) is 14.4. The Balaban J connectivity index is 1.93. The van der Waals surface area contributed by atoms with Gasteiger partial charge in [0.25, 0.3) is 5.56 Å². The molecule has 1 aromatic carbocycles. The lowest BCUT2D eigenvalue weighted by Crippen LogP contribution is -2.18. The molecule has 0 fully saturated rings. The molecule has 0 unspecified atom stereocenters. The van der Waals surface area contributed by atoms with Gasteiger partial charge in [-0.25, -0.2) is 13.4 Å². The topological polar surface area (TPSA) is 92.3 Å². The number of sulfone groups is 1. The summed E-state index contributed by atoms with van der Waals surface area (Å²) in [6, 6.07) is 11.9. The van der Waals surface area contributed by atoms with Crippen molar-refractivity contribution < 1.29 is 8.42 Å². The quantitative estimate of drug-likeness (QED) is 0.705. The van der Waals surface area contributed by atoms with Crippen molar-refractivity contribution in [3.63, 3.8) is 0 Å². The number of aryl methyl sites for hydroxylation is 2. The summed E-state index contributed by atoms with van der Waals surface area (Å²) in [6.45, 7) is 3.61. The molecule has 3 rings (SSSR count). The molecular weight excluding hydrogens is 350 g/mol. The Bertz CT molecular complexity index is 1200. The number of fused-ring (bicyclic) bond motifs is 1. The summed E-state index contributed by atoms with van der Waals surface area (Å²) < 4.78 is 26.5. The minimum absolute atomic E-state index is 0.212. The second-order valence-electron chi connectivity index (χ2n) is 6.26. The van der Waals surface area contributed by atoms with E-state index in [1.165, 1.54) is 10.5 Å². The maximum absolute atomic E-state index is 12.6. The maximum Gasteiger partial charge on any atom is 0.258 e. The van der Waals surface area contributed by atoms with Crippen LogP contribution in [0.2, 0.25) is 0 Å². The third kappa shape index (κ3) is 3.65. The lowest BCUT2D eigenvalue weighted by atomic mass is 10.1. The Kier molecular flexibility index (Phi) is 4.62. The molecule has 2 aromatic heterocycles. The van der Waals surface area contributed by atoms with Crippen molar-refractivity contribution in [1.82, 2.24) is 9.38 Å². The first-order chi connectivity index (χ1) is 12.3. The highest BCUT2D eigenvalue weighted by molar-refractivity contribution is 7.89. The molecule has 7 heteroatoms. The molecule has 0 bridgehead atoms. The van der Waals surface area contributed by atoms with E-state index in [1.807, 2.05) is 13.0 Å². The minimum atomic E-state index is -3.54. The van der Waals surface area contributed by atoms with E-state index in [4.69, 9.17) is 5.26 Å². The molecule has 0 amide bonds. The first-order valence-electron chi connectivity index (χ1n) is 7.97. The van der Waals surface area contributed by atoms with Crippen LogP contribution in [0.3, 0.4) is 0 Å². The van der Waals surface area contributed by atoms with Gasteiger partial charge in [0.2, 0.25) is 0 Å². The van der Waals surface area contributed by atoms with Gasteiger partial charge in [-0.1, -0.05) is 18.2 Å². The standard InChI is InChI=1S/C19H17N3O3S/c1-13-5-6-15(8-16(13)10-20)11-26(24,25)12-17-9-18(23)22-7-3-4-14(2)19(22)21-17/h3-9H,11-12H2,1-2H3. The second-order valence-corrected chi connectivity index (χ2v) is 8.33. The number of rotatable bonds is 4. The third-order valence-electron chi connectivity index (χ3n) is 4.12. The molecule has 2 heterocycles. The van der Waals surface area contributed by atoms with Crippen molar-refractivity contribution in [3.05, 3.63) is 80.9 Å². The molecular formula is C19H17N3O3S. The molecule has 0 radical (unpaired) electrons. The van der Waals surface area contributed by atoms with E-state index in [-0.39, 0.29) is 22.8 Å². The molecule has 3 aromatic rings. The second kappa shape index (κ2) is 6.73. The summed E-state index contributed by atoms with van der Waals surface area (Å²) in [5, 5.41) is 9.09. The molecule has 0 saturated heterocycles. The van der Waals surface area contributed by atoms with Crippen LogP contribution in [0.4, 0.5) is 0 Å². The Morgan fingerprint density at radius 3 is 2.62 bits per heavy atom. The Labute approximate surface area is 151 Å². The largest absolute Gasteiger partial charge is 0.269 e. The smallest absolute Gasteiger partial charge is 0.258 e. The zero-order chi connectivity index (χ0) is 18.9. The third-order valence-corrected chi connectivity index (χ3v) is 5.62. The fourth-order valence-corrected chi connectivity index (χ4v) is 4.18. The van der Waals surface area contributed by atoms with E-state index in [1.54, 1.807) is 37.4 Å². The molecule has 0 spiro atoms. The molecule has 132 valence electrons. The number of hydrogen-bond acceptors (Lipinski definition) is 5. The van der Waals surface area contributed by atoms with Crippen molar-refractivity contribution in [2.75, 3.05) is 0 Å². The number of aromatic nitrogens is 2. The van der Waals surface area contributed by atoms with Crippen molar-refractivity contribution in [1.29, 1.82) is 5.26 Å². The summed E-state index contributed by atoms with van der Waals surface area (Å²) in [5.74, 6) is -0.542. The average molecular weight is 367 g/mol. The van der Waals surface area contributed by atoms with Gasteiger partial charge in [-0.3, -0.25) is 9.20 Å². The molecule has 0 saturated carbocycles. The van der Waals surface area contributed by atoms with Crippen LogP contribution in [0.5, 0.6) is 0 Å². The lowest BCUT2D eigenvalue weighted by Gasteiger charge is -2.08. The van der Waals surface area contributed by atoms with E-state index in [2.05, 4.69) is 11.1 Å². The first-order valence-corrected chi connectivity index (χ1v) is 9.79. The van der Waals surface area contributed by atoms with Crippen molar-refractivity contribution >= 4 is 15.5 Å². The highest BCUT2D eigenvalue weighted by Crippen LogP contribution is 2.15. The van der Waals surface area contributed by atoms with Gasteiger partial charge in [-0.15, -0.1) is 0 Å². The van der Waals surface area contributed by atoms with Crippen LogP contribution in [-0.4, -0.2) is 17.8 Å². The number of nitriles is 1. The van der Waals surface area contributed by atoms with Gasteiger partial charge in [0.05, 0.1) is 28.8 Å². The SMILES string of the molecule is Cc1ccc(CS(=O)(=O)Cc2cc(=O)n3cccc(C)c3n2)cc1C#N. The van der Waals surface area contributed by atoms with Crippen LogP contribution in [0.15, 0.2) is 47.4 Å². The highest BCUT2D eigenvalue weighted by atomic mass is 32.2. The first kappa shape index (κ1) is 17.8. The zero-order valence-corrected chi connectivity index (χ0v) is 15.2. The van der Waals surface area contributed by atoms with Gasteiger partial charge in [-0.05, 0) is 42.7 Å². The van der Waals surface area contributed by atoms with Crippen molar-refractivity contribution in [3.8, 4) is 6.07 Å². The van der Waals surface area contributed by atoms with Gasteiger partial charge >= 0.3 is 0 Å². The van der Waals surface area contributed by atoms with Crippen LogP contribution in [0.25, 0.3) is 5.65 Å². The Morgan fingerprint density at radius 2 is 1.88 bits per heavy atom. The van der Waals surface area contributed by atoms with Crippen molar-refractivity contribution in [2.24, 2.45) is 0 Å². The van der Waals surface area contributed by atoms with E-state index in [0.717, 1.165) is 11.1 Å². The van der Waals surface area contributed by atoms with E-state index >= 15 is 0 Å². The lowest BCUT2D eigenvalue weighted by molar-refractivity contribution is 0.594. The van der Waals surface area contributed by atoms with Crippen molar-refractivity contribution in [2.45, 2.75) is 25.4 Å². The molecule has 6 nitrogen and oxygen atoms in total. The van der Waals surface area contributed by atoms with Crippen LogP contribution in [-0.2, 0) is 21.3 Å². The fraction of sp³-hybridized carbons (Fsp3) is 0.211. The van der Waals surface area contributed by atoms with E-state index < -0.39 is 9.84 Å². The molecule has 0 aliphatic heterocycles. The van der Waals surface area contributed by atoms with E-state index in [9.17, 15) is 13.2 Å². The number of nitrogens with zero attached hydrogens (tertiary/aromatic N) is 3. The molecule has 0 aliphatic carbocycles. The van der Waals surface area contributed by atoms with Gasteiger partial charge in [0.15, 0.2) is 9.84 Å². The number of hydrogen-bond donors (Lipinski definition) is 0. The van der Waals surface area contributed by atoms with Crippen LogP contribution in [0.1, 0.15) is 27.9 Å². The van der Waals surface area contributed by atoms with Gasteiger partial charge in [-0.2, -0.15) is 5.26 Å². The van der Waals surface area contributed by atoms with Gasteiger partial charge in [0, 0.05) is 12.3 Å². The number of pyridine rings is 1. The highest BCUT2D eigenvalue weighted by Gasteiger charge is 2.16. The summed E-state index contributed by atoms with van der Waals surface area (Å²) in [5.41, 5.74) is 2.95. The van der Waals surface area contributed by atoms with Crippen LogP contribution >= 0.6 is 0 Å². The average Bonchev–Trinajstić information content (AvgIpc) is 2.57. The summed E-state index contributed by atoms with van der Waals surface area (Å²) in [4.78, 5) is 16.6. The van der Waals surface area contributed by atoms with Crippen LogP contribution in [0, 0.1) is 25.2 Å². The molecule has 26 heavy (non-hydrogen) atoms. The Hall–Kier alpha value is -2.98. The Morgan fingerprint density at radius 1 is 1.12 bits per heavy atom. The minimum Gasteiger partial charge on any atom is -0.269 e. The van der Waals surface area contributed by atoms with Gasteiger partial charge in [0.1, 0.15) is 5.65 Å². The fourth-order valence-electron chi connectivity index (χ4n) is 2.79. The molecule has 0 atom stereocenters. The normalized spacial score (nSPS) is 11.4. The summed E-state index contributed by atoms with van der Waals surface area (Å²) >= 11 is 0. The predicted octanol–water partition coefficient (Wildman–Crippen LogP) is 2.30. The molecule has 0 aliphatic rings. The number of benzene rings is 1.